The zero-order valence-corrected chi connectivity index (χ0v) is 24.9. The molecule has 2 unspecified atom stereocenters. The van der Waals surface area contributed by atoms with Gasteiger partial charge < -0.3 is 14.8 Å². The number of amides is 3. The summed E-state index contributed by atoms with van der Waals surface area (Å²) in [7, 11) is 3.03. The highest BCUT2D eigenvalue weighted by Gasteiger charge is 2.57. The maximum Gasteiger partial charge on any atom is 0.308 e. The van der Waals surface area contributed by atoms with Crippen LogP contribution < -0.4 is 24.6 Å². The second-order valence-corrected chi connectivity index (χ2v) is 12.1. The van der Waals surface area contributed by atoms with Crippen molar-refractivity contribution < 1.29 is 28.8 Å². The monoisotopic (exact) mass is 632 g/mol. The largest absolute Gasteiger partial charge is 0.497 e. The quantitative estimate of drug-likeness (QED) is 0.171. The lowest BCUT2D eigenvalue weighted by Gasteiger charge is -2.31. The van der Waals surface area contributed by atoms with Crippen LogP contribution in [0.2, 0.25) is 0 Å². The third-order valence-electron chi connectivity index (χ3n) is 7.52. The van der Waals surface area contributed by atoms with E-state index in [1.165, 1.54) is 43.1 Å². The number of hydrogen-bond acceptors (Lipinski definition) is 10. The smallest absolute Gasteiger partial charge is 0.308 e. The molecule has 1 N–H and O–H groups in total. The van der Waals surface area contributed by atoms with Gasteiger partial charge in [0, 0.05) is 34.2 Å². The Morgan fingerprint density at radius 1 is 0.955 bits per heavy atom. The summed E-state index contributed by atoms with van der Waals surface area (Å²) in [5.41, 5.74) is 1.17. The van der Waals surface area contributed by atoms with Crippen LogP contribution in [0.1, 0.15) is 16.4 Å². The van der Waals surface area contributed by atoms with Gasteiger partial charge in [0.05, 0.1) is 35.8 Å². The topological polar surface area (TPSA) is 150 Å². The van der Waals surface area contributed by atoms with Crippen molar-refractivity contribution >= 4 is 57.9 Å². The first-order valence-corrected chi connectivity index (χ1v) is 15.0. The van der Waals surface area contributed by atoms with Gasteiger partial charge in [-0.15, -0.1) is 0 Å². The number of rotatable bonds is 8. The average molecular weight is 633 g/mol. The van der Waals surface area contributed by atoms with Gasteiger partial charge >= 0.3 is 4.87 Å². The van der Waals surface area contributed by atoms with Crippen LogP contribution in [0.15, 0.2) is 82.6 Å². The number of anilines is 2. The Bertz CT molecular complexity index is 1850. The first-order chi connectivity index (χ1) is 21.2. The van der Waals surface area contributed by atoms with E-state index in [0.717, 1.165) is 28.0 Å². The van der Waals surface area contributed by atoms with Crippen molar-refractivity contribution in [2.45, 2.75) is 22.7 Å². The number of hydrogen-bond donors (Lipinski definition) is 1. The number of thiazole rings is 1. The molecule has 3 atom stereocenters. The van der Waals surface area contributed by atoms with Gasteiger partial charge in [0.25, 0.3) is 5.69 Å². The molecule has 3 amide bonds. The molecule has 224 valence electrons. The Kier molecular flexibility index (Phi) is 7.69. The summed E-state index contributed by atoms with van der Waals surface area (Å²) in [5, 5.41) is 13.4. The van der Waals surface area contributed by atoms with E-state index in [0.29, 0.717) is 32.7 Å². The molecule has 0 bridgehead atoms. The highest BCUT2D eigenvalue weighted by Crippen LogP contribution is 2.55. The molecule has 1 saturated heterocycles. The van der Waals surface area contributed by atoms with E-state index in [4.69, 9.17) is 9.47 Å². The Morgan fingerprint density at radius 2 is 1.66 bits per heavy atom. The number of non-ortho nitro benzene ring substituents is 1. The normalized spacial score (nSPS) is 18.9. The van der Waals surface area contributed by atoms with Crippen molar-refractivity contribution in [3.05, 3.63) is 103 Å². The SMILES string of the molecule is COc1ccc(NC(=O)Cn2c3c(sc2=O)[C@H](c2ccccc2OC)C2C(=O)N(c4ccc([N+](=O)[O-])cc4)C(=O)C2S3)cc1. The number of nitro groups is 1. The van der Waals surface area contributed by atoms with Crippen LogP contribution >= 0.6 is 23.1 Å². The number of nitrogens with zero attached hydrogens (tertiary/aromatic N) is 3. The van der Waals surface area contributed by atoms with Crippen molar-refractivity contribution in [1.29, 1.82) is 0 Å². The number of benzene rings is 3. The summed E-state index contributed by atoms with van der Waals surface area (Å²) in [6, 6.07) is 19.0. The second-order valence-electron chi connectivity index (χ2n) is 9.97. The third-order valence-corrected chi connectivity index (χ3v) is 10.1. The van der Waals surface area contributed by atoms with Gasteiger partial charge in [0.2, 0.25) is 17.7 Å². The van der Waals surface area contributed by atoms with Crippen molar-refractivity contribution in [3.63, 3.8) is 0 Å². The van der Waals surface area contributed by atoms with Crippen molar-refractivity contribution in [2.75, 3.05) is 24.4 Å². The number of thioether (sulfide) groups is 1. The van der Waals surface area contributed by atoms with Crippen LogP contribution in [0, 0.1) is 16.0 Å². The van der Waals surface area contributed by atoms with Gasteiger partial charge in [-0.05, 0) is 42.5 Å². The predicted molar refractivity (Wildman–Crippen MR) is 164 cm³/mol. The number of nitro benzene ring substituents is 1. The summed E-state index contributed by atoms with van der Waals surface area (Å²) in [4.78, 5) is 66.2. The number of para-hydroxylation sites is 1. The maximum absolute atomic E-state index is 14.0. The highest BCUT2D eigenvalue weighted by molar-refractivity contribution is 8.00. The Hall–Kier alpha value is -4.95. The molecule has 3 heterocycles. The fraction of sp³-hybridized carbons (Fsp3) is 0.200. The Balaban J connectivity index is 1.40. The molecule has 2 aliphatic heterocycles. The molecule has 44 heavy (non-hydrogen) atoms. The number of carbonyl (C=O) groups excluding carboxylic acids is 3. The zero-order chi connectivity index (χ0) is 31.1. The van der Waals surface area contributed by atoms with Crippen molar-refractivity contribution in [2.24, 2.45) is 5.92 Å². The van der Waals surface area contributed by atoms with Crippen LogP contribution in [-0.4, -0.2) is 46.7 Å². The molecule has 0 aliphatic carbocycles. The first-order valence-electron chi connectivity index (χ1n) is 13.3. The van der Waals surface area contributed by atoms with Gasteiger partial charge in [-0.3, -0.25) is 33.9 Å². The van der Waals surface area contributed by atoms with Crippen LogP contribution in [0.3, 0.4) is 0 Å². The molecule has 0 spiro atoms. The molecule has 4 aromatic rings. The maximum atomic E-state index is 14.0. The first kappa shape index (κ1) is 29.1. The van der Waals surface area contributed by atoms with Crippen molar-refractivity contribution in [3.8, 4) is 11.5 Å². The number of methoxy groups -OCH3 is 2. The summed E-state index contributed by atoms with van der Waals surface area (Å²) < 4.78 is 12.1. The number of fused-ring (bicyclic) bond motifs is 2. The standard InChI is InChI=1S/C30H24N4O8S2/c1-41-19-13-7-16(8-14-19)31-22(35)15-32-29-26(44-30(32)38)23(20-5-3-4-6-21(20)42-2)24-25(43-29)28(37)33(27(24)36)17-9-11-18(12-10-17)34(39)40/h3-14,23-25H,15H2,1-2H3,(H,31,35)/t23-,24?,25?/m1/s1. The minimum atomic E-state index is -0.926. The average Bonchev–Trinajstić information content (AvgIpc) is 3.47. The molecule has 2 aliphatic rings. The van der Waals surface area contributed by atoms with Gasteiger partial charge in [0.1, 0.15) is 23.3 Å². The summed E-state index contributed by atoms with van der Waals surface area (Å²) >= 11 is 2.00. The lowest BCUT2D eigenvalue weighted by atomic mass is 9.82. The second kappa shape index (κ2) is 11.6. The Morgan fingerprint density at radius 3 is 2.32 bits per heavy atom. The Labute approximate surface area is 258 Å². The minimum absolute atomic E-state index is 0.175. The number of imide groups is 1. The van der Waals surface area contributed by atoms with Crippen LogP contribution in [-0.2, 0) is 20.9 Å². The minimum Gasteiger partial charge on any atom is -0.497 e. The van der Waals surface area contributed by atoms with E-state index in [2.05, 4.69) is 5.32 Å². The predicted octanol–water partition coefficient (Wildman–Crippen LogP) is 4.27. The molecule has 1 aromatic heterocycles. The van der Waals surface area contributed by atoms with E-state index in [1.807, 2.05) is 0 Å². The van der Waals surface area contributed by atoms with Gasteiger partial charge in [0.15, 0.2) is 0 Å². The van der Waals surface area contributed by atoms with E-state index in [9.17, 15) is 29.3 Å². The summed E-state index contributed by atoms with van der Waals surface area (Å²) in [5.74, 6) is -1.98. The van der Waals surface area contributed by atoms with Crippen LogP contribution in [0.25, 0.3) is 0 Å². The lowest BCUT2D eigenvalue weighted by molar-refractivity contribution is -0.384. The fourth-order valence-electron chi connectivity index (χ4n) is 5.51. The van der Waals surface area contributed by atoms with E-state index >= 15 is 0 Å². The summed E-state index contributed by atoms with van der Waals surface area (Å²) in [6.07, 6.45) is 0. The van der Waals surface area contributed by atoms with Gasteiger partial charge in [-0.2, -0.15) is 0 Å². The molecular formula is C30H24N4O8S2. The molecule has 12 nitrogen and oxygen atoms in total. The molecule has 6 rings (SSSR count). The molecule has 14 heteroatoms. The number of ether oxygens (including phenoxy) is 2. The molecule has 0 radical (unpaired) electrons. The highest BCUT2D eigenvalue weighted by atomic mass is 32.2. The third kappa shape index (κ3) is 5.01. The van der Waals surface area contributed by atoms with Crippen molar-refractivity contribution in [1.82, 2.24) is 4.57 Å². The van der Waals surface area contributed by atoms with Crippen LogP contribution in [0.4, 0.5) is 17.1 Å². The van der Waals surface area contributed by atoms with Gasteiger partial charge in [-0.25, -0.2) is 4.90 Å². The zero-order valence-electron chi connectivity index (χ0n) is 23.3. The van der Waals surface area contributed by atoms with E-state index < -0.39 is 44.6 Å². The number of aromatic nitrogens is 1. The van der Waals surface area contributed by atoms with E-state index in [1.54, 1.807) is 48.5 Å². The van der Waals surface area contributed by atoms with Crippen LogP contribution in [0.5, 0.6) is 11.5 Å². The molecule has 1 fully saturated rings. The molecular weight excluding hydrogens is 608 g/mol. The van der Waals surface area contributed by atoms with Gasteiger partial charge in [-0.1, -0.05) is 41.3 Å². The molecule has 3 aromatic carbocycles. The fourth-order valence-corrected chi connectivity index (χ4v) is 8.27. The van der Waals surface area contributed by atoms with E-state index in [-0.39, 0.29) is 17.9 Å². The molecule has 0 saturated carbocycles. The number of nitrogens with one attached hydrogen (secondary N) is 1. The number of carbonyl (C=O) groups is 3. The summed E-state index contributed by atoms with van der Waals surface area (Å²) in [6.45, 7) is -0.312. The lowest BCUT2D eigenvalue weighted by Crippen LogP contribution is -2.33.